The van der Waals surface area contributed by atoms with E-state index in [1.54, 1.807) is 16.9 Å². The van der Waals surface area contributed by atoms with E-state index in [1.165, 1.54) is 0 Å². The molecule has 1 aliphatic carbocycles. The molecule has 1 N–H and O–H groups in total. The monoisotopic (exact) mass is 412 g/mol. The van der Waals surface area contributed by atoms with Crippen molar-refractivity contribution in [2.24, 2.45) is 0 Å². The number of ether oxygens (including phenoxy) is 1. The average molecular weight is 412 g/mol. The maximum atomic E-state index is 13.2. The van der Waals surface area contributed by atoms with Crippen LogP contribution in [0.3, 0.4) is 0 Å². The number of amides is 1. The zero-order valence-corrected chi connectivity index (χ0v) is 17.2. The van der Waals surface area contributed by atoms with E-state index < -0.39 is 0 Å². The van der Waals surface area contributed by atoms with E-state index >= 15 is 0 Å². The molecule has 1 atom stereocenters. The first-order chi connectivity index (χ1) is 14.7. The zero-order valence-electron chi connectivity index (χ0n) is 17.2. The normalized spacial score (nSPS) is 22.1. The summed E-state index contributed by atoms with van der Waals surface area (Å²) in [5, 5.41) is 11.9. The van der Waals surface area contributed by atoms with Gasteiger partial charge in [0.25, 0.3) is 11.5 Å². The molecule has 160 valence electrons. The number of carbonyl (C=O) groups is 1. The number of aromatic amines is 1. The molecule has 30 heavy (non-hydrogen) atoms. The molecule has 2 saturated heterocycles. The topological polar surface area (TPSA) is 96.3 Å². The van der Waals surface area contributed by atoms with Gasteiger partial charge in [-0.05, 0) is 38.5 Å². The Morgan fingerprint density at radius 1 is 1.13 bits per heavy atom. The second kappa shape index (κ2) is 8.22. The van der Waals surface area contributed by atoms with Crippen LogP contribution in [0.15, 0.2) is 17.1 Å². The molecule has 1 amide bonds. The van der Waals surface area contributed by atoms with Crippen LogP contribution in [-0.2, 0) is 17.6 Å². The number of rotatable bonds is 3. The van der Waals surface area contributed by atoms with Crippen molar-refractivity contribution < 1.29 is 9.53 Å². The Balaban J connectivity index is 1.32. The number of H-pyrrole nitrogens is 1. The van der Waals surface area contributed by atoms with Gasteiger partial charge in [-0.2, -0.15) is 10.2 Å². The first kappa shape index (κ1) is 19.3. The summed E-state index contributed by atoms with van der Waals surface area (Å²) in [7, 11) is 0. The predicted octanol–water partition coefficient (Wildman–Crippen LogP) is 1.16. The number of hydrogen-bond acceptors (Lipinski definition) is 6. The van der Waals surface area contributed by atoms with E-state index in [9.17, 15) is 9.59 Å². The number of aromatic nitrogens is 4. The second-order valence-electron chi connectivity index (χ2n) is 8.38. The van der Waals surface area contributed by atoms with E-state index in [2.05, 4.69) is 20.2 Å². The van der Waals surface area contributed by atoms with E-state index in [0.29, 0.717) is 32.0 Å². The van der Waals surface area contributed by atoms with Crippen LogP contribution in [0.4, 0.5) is 5.69 Å². The third-order valence-electron chi connectivity index (χ3n) is 6.48. The molecule has 0 aromatic carbocycles. The van der Waals surface area contributed by atoms with E-state index in [1.807, 2.05) is 4.90 Å². The van der Waals surface area contributed by atoms with Gasteiger partial charge in [-0.3, -0.25) is 14.7 Å². The van der Waals surface area contributed by atoms with Crippen molar-refractivity contribution in [3.05, 3.63) is 39.6 Å². The van der Waals surface area contributed by atoms with Crippen LogP contribution in [0.5, 0.6) is 0 Å². The number of carbonyl (C=O) groups excluding carboxylic acids is 1. The molecule has 2 aromatic heterocycles. The largest absolute Gasteiger partial charge is 0.378 e. The van der Waals surface area contributed by atoms with Crippen LogP contribution in [0.25, 0.3) is 0 Å². The Morgan fingerprint density at radius 3 is 2.80 bits per heavy atom. The summed E-state index contributed by atoms with van der Waals surface area (Å²) in [5.74, 6) is -0.0305. The summed E-state index contributed by atoms with van der Waals surface area (Å²) < 4.78 is 6.92. The molecule has 9 nitrogen and oxygen atoms in total. The highest BCUT2D eigenvalue weighted by Gasteiger charge is 2.30. The molecular formula is C21H28N6O3. The standard InChI is InChI=1S/C21H28N6O3/c28-19-12-16(25-8-10-30-11-9-25)13-22-27(19)15-4-3-7-26(14-15)21(29)20-17-5-1-2-6-18(17)23-24-20/h12-13,15H,1-11,14H2,(H,23,24). The van der Waals surface area contributed by atoms with Crippen molar-refractivity contribution in [2.75, 3.05) is 44.3 Å². The molecule has 3 aliphatic rings. The van der Waals surface area contributed by atoms with Gasteiger partial charge in [0.2, 0.25) is 0 Å². The molecule has 0 radical (unpaired) electrons. The molecule has 0 saturated carbocycles. The average Bonchev–Trinajstić information content (AvgIpc) is 3.23. The molecule has 4 heterocycles. The minimum Gasteiger partial charge on any atom is -0.378 e. The van der Waals surface area contributed by atoms with Gasteiger partial charge in [0, 0.05) is 43.5 Å². The number of aryl methyl sites for hydroxylation is 1. The molecule has 0 spiro atoms. The fourth-order valence-electron chi connectivity index (χ4n) is 4.82. The van der Waals surface area contributed by atoms with Crippen LogP contribution < -0.4 is 10.5 Å². The fourth-order valence-corrected chi connectivity index (χ4v) is 4.82. The van der Waals surface area contributed by atoms with Crippen molar-refractivity contribution >= 4 is 11.6 Å². The van der Waals surface area contributed by atoms with Gasteiger partial charge in [-0.15, -0.1) is 0 Å². The lowest BCUT2D eigenvalue weighted by molar-refractivity contribution is 0.0662. The summed E-state index contributed by atoms with van der Waals surface area (Å²) in [6.07, 6.45) is 7.57. The third-order valence-corrected chi connectivity index (χ3v) is 6.48. The maximum Gasteiger partial charge on any atom is 0.274 e. The predicted molar refractivity (Wildman–Crippen MR) is 111 cm³/mol. The van der Waals surface area contributed by atoms with Gasteiger partial charge >= 0.3 is 0 Å². The number of anilines is 1. The van der Waals surface area contributed by atoms with Crippen LogP contribution >= 0.6 is 0 Å². The molecule has 5 rings (SSSR count). The van der Waals surface area contributed by atoms with Crippen molar-refractivity contribution in [1.82, 2.24) is 24.9 Å². The van der Waals surface area contributed by atoms with Crippen molar-refractivity contribution in [3.63, 3.8) is 0 Å². The number of likely N-dealkylation sites (tertiary alicyclic amines) is 1. The van der Waals surface area contributed by atoms with Gasteiger partial charge in [0.15, 0.2) is 5.69 Å². The van der Waals surface area contributed by atoms with Gasteiger partial charge in [-0.1, -0.05) is 0 Å². The first-order valence-electron chi connectivity index (χ1n) is 11.0. The van der Waals surface area contributed by atoms with Crippen molar-refractivity contribution in [3.8, 4) is 0 Å². The van der Waals surface area contributed by atoms with Crippen LogP contribution in [0.2, 0.25) is 0 Å². The third kappa shape index (κ3) is 3.62. The molecule has 2 aromatic rings. The van der Waals surface area contributed by atoms with Crippen molar-refractivity contribution in [2.45, 2.75) is 44.6 Å². The minimum absolute atomic E-state index is 0.0305. The van der Waals surface area contributed by atoms with Gasteiger partial charge < -0.3 is 14.5 Å². The Kier molecular flexibility index (Phi) is 5.28. The lowest BCUT2D eigenvalue weighted by Crippen LogP contribution is -2.44. The number of nitrogens with one attached hydrogen (secondary N) is 1. The number of nitrogens with zero attached hydrogens (tertiary/aromatic N) is 5. The van der Waals surface area contributed by atoms with Crippen LogP contribution in [0, 0.1) is 0 Å². The molecular weight excluding hydrogens is 384 g/mol. The lowest BCUT2D eigenvalue weighted by atomic mass is 9.95. The number of fused-ring (bicyclic) bond motifs is 1. The summed E-state index contributed by atoms with van der Waals surface area (Å²) in [6, 6.07) is 1.55. The highest BCUT2D eigenvalue weighted by molar-refractivity contribution is 5.94. The van der Waals surface area contributed by atoms with E-state index in [0.717, 1.165) is 68.6 Å². The van der Waals surface area contributed by atoms with Crippen LogP contribution in [-0.4, -0.2) is 70.2 Å². The number of piperidine rings is 1. The summed E-state index contributed by atoms with van der Waals surface area (Å²) >= 11 is 0. The molecule has 1 unspecified atom stereocenters. The number of hydrogen-bond donors (Lipinski definition) is 1. The van der Waals surface area contributed by atoms with Gasteiger partial charge in [0.1, 0.15) is 0 Å². The molecule has 2 fully saturated rings. The molecule has 0 bridgehead atoms. The molecule has 9 heteroatoms. The Hall–Kier alpha value is -2.68. The SMILES string of the molecule is O=C(c1n[nH]c2c1CCCC2)N1CCCC(n2ncc(N3CCOCC3)cc2=O)C1. The molecule has 2 aliphatic heterocycles. The lowest BCUT2D eigenvalue weighted by Gasteiger charge is -2.33. The summed E-state index contributed by atoms with van der Waals surface area (Å²) in [5.41, 5.74) is 3.48. The highest BCUT2D eigenvalue weighted by Crippen LogP contribution is 2.26. The minimum atomic E-state index is -0.115. The zero-order chi connectivity index (χ0) is 20.5. The van der Waals surface area contributed by atoms with E-state index in [4.69, 9.17) is 4.74 Å². The Bertz CT molecular complexity index is 977. The summed E-state index contributed by atoms with van der Waals surface area (Å²) in [4.78, 5) is 29.9. The second-order valence-corrected chi connectivity index (χ2v) is 8.38. The summed E-state index contributed by atoms with van der Waals surface area (Å²) in [6.45, 7) is 4.05. The maximum absolute atomic E-state index is 13.2. The van der Waals surface area contributed by atoms with E-state index in [-0.39, 0.29) is 17.5 Å². The van der Waals surface area contributed by atoms with Crippen LogP contribution in [0.1, 0.15) is 53.5 Å². The van der Waals surface area contributed by atoms with Crippen molar-refractivity contribution in [1.29, 1.82) is 0 Å². The van der Waals surface area contributed by atoms with Gasteiger partial charge in [0.05, 0.1) is 31.1 Å². The fraction of sp³-hybridized carbons (Fsp3) is 0.619. The Morgan fingerprint density at radius 2 is 1.97 bits per heavy atom. The smallest absolute Gasteiger partial charge is 0.274 e. The van der Waals surface area contributed by atoms with Gasteiger partial charge in [-0.25, -0.2) is 4.68 Å². The first-order valence-corrected chi connectivity index (χ1v) is 11.0. The Labute approximate surface area is 175 Å². The number of morpholine rings is 1. The highest BCUT2D eigenvalue weighted by atomic mass is 16.5. The quantitative estimate of drug-likeness (QED) is 0.813.